The van der Waals surface area contributed by atoms with E-state index >= 15 is 0 Å². The third kappa shape index (κ3) is 5.88. The highest BCUT2D eigenvalue weighted by atomic mass is 32.2. The lowest BCUT2D eigenvalue weighted by atomic mass is 10.1. The van der Waals surface area contributed by atoms with Crippen LogP contribution in [0.15, 0.2) is 54.6 Å². The van der Waals surface area contributed by atoms with Crippen LogP contribution in [0.2, 0.25) is 0 Å². The van der Waals surface area contributed by atoms with Crippen LogP contribution in [0.1, 0.15) is 18.1 Å². The molecule has 0 aliphatic heterocycles. The van der Waals surface area contributed by atoms with Gasteiger partial charge in [-0.1, -0.05) is 42.5 Å². The van der Waals surface area contributed by atoms with Crippen molar-refractivity contribution >= 4 is 23.6 Å². The molecule has 6 heteroatoms. The number of amides is 2. The van der Waals surface area contributed by atoms with Crippen molar-refractivity contribution in [1.29, 1.82) is 0 Å². The molecule has 1 atom stereocenters. The number of carbonyl (C=O) groups excluding carboxylic acids is 2. The summed E-state index contributed by atoms with van der Waals surface area (Å²) in [5.74, 6) is 0.295. The predicted octanol–water partition coefficient (Wildman–Crippen LogP) is 3.22. The number of rotatable bonds is 8. The molecule has 2 aromatic carbocycles. The van der Waals surface area contributed by atoms with Crippen LogP contribution in [0.25, 0.3) is 0 Å². The number of likely N-dealkylation sites (N-methyl/N-ethyl adjacent to an activating group) is 1. The van der Waals surface area contributed by atoms with Crippen molar-refractivity contribution in [2.75, 3.05) is 12.8 Å². The summed E-state index contributed by atoms with van der Waals surface area (Å²) in [5.41, 5.74) is 1.93. The molecule has 0 aromatic heterocycles. The molecule has 0 heterocycles. The second kappa shape index (κ2) is 9.97. The van der Waals surface area contributed by atoms with Gasteiger partial charge in [0, 0.05) is 19.3 Å². The Labute approximate surface area is 157 Å². The van der Waals surface area contributed by atoms with Crippen molar-refractivity contribution < 1.29 is 14.0 Å². The molecule has 1 N–H and O–H groups in total. The summed E-state index contributed by atoms with van der Waals surface area (Å²) in [6.45, 7) is 2.11. The number of nitrogens with zero attached hydrogens (tertiary/aromatic N) is 1. The number of halogens is 1. The molecule has 2 rings (SSSR count). The quantitative estimate of drug-likeness (QED) is 0.772. The van der Waals surface area contributed by atoms with Gasteiger partial charge in [0.25, 0.3) is 0 Å². The zero-order chi connectivity index (χ0) is 18.9. The normalized spacial score (nSPS) is 11.7. The van der Waals surface area contributed by atoms with Gasteiger partial charge in [-0.15, -0.1) is 11.8 Å². The van der Waals surface area contributed by atoms with Gasteiger partial charge in [-0.3, -0.25) is 9.59 Å². The van der Waals surface area contributed by atoms with Crippen LogP contribution in [0.3, 0.4) is 0 Å². The van der Waals surface area contributed by atoms with E-state index in [1.807, 2.05) is 30.3 Å². The Balaban J connectivity index is 1.99. The van der Waals surface area contributed by atoms with Gasteiger partial charge in [-0.25, -0.2) is 4.39 Å². The van der Waals surface area contributed by atoms with Crippen molar-refractivity contribution in [3.05, 3.63) is 71.5 Å². The van der Waals surface area contributed by atoms with Crippen LogP contribution < -0.4 is 5.32 Å². The first-order valence-corrected chi connectivity index (χ1v) is 9.54. The molecule has 0 radical (unpaired) electrons. The van der Waals surface area contributed by atoms with Gasteiger partial charge < -0.3 is 10.2 Å². The molecule has 1 unspecified atom stereocenters. The zero-order valence-electron chi connectivity index (χ0n) is 14.9. The van der Waals surface area contributed by atoms with Crippen molar-refractivity contribution in [3.63, 3.8) is 0 Å². The Kier molecular flexibility index (Phi) is 7.66. The van der Waals surface area contributed by atoms with E-state index < -0.39 is 6.04 Å². The van der Waals surface area contributed by atoms with E-state index in [4.69, 9.17) is 0 Å². The lowest BCUT2D eigenvalue weighted by Gasteiger charge is -2.28. The first-order chi connectivity index (χ1) is 12.5. The predicted molar refractivity (Wildman–Crippen MR) is 103 cm³/mol. The average Bonchev–Trinajstić information content (AvgIpc) is 2.67. The highest BCUT2D eigenvalue weighted by Gasteiger charge is 2.25. The molecule has 0 saturated carbocycles. The van der Waals surface area contributed by atoms with E-state index in [1.54, 1.807) is 31.0 Å². The first-order valence-electron chi connectivity index (χ1n) is 8.38. The molecule has 0 saturated heterocycles. The zero-order valence-corrected chi connectivity index (χ0v) is 15.8. The molecular weight excluding hydrogens is 351 g/mol. The second-order valence-electron chi connectivity index (χ2n) is 5.92. The molecule has 0 aliphatic carbocycles. The van der Waals surface area contributed by atoms with Crippen molar-refractivity contribution in [2.45, 2.75) is 25.3 Å². The van der Waals surface area contributed by atoms with Gasteiger partial charge in [-0.2, -0.15) is 0 Å². The topological polar surface area (TPSA) is 49.4 Å². The Morgan fingerprint density at radius 1 is 1.08 bits per heavy atom. The molecule has 4 nitrogen and oxygen atoms in total. The summed E-state index contributed by atoms with van der Waals surface area (Å²) in [6.07, 6.45) is 0. The molecule has 0 fully saturated rings. The highest BCUT2D eigenvalue weighted by molar-refractivity contribution is 7.99. The first kappa shape index (κ1) is 20.0. The largest absolute Gasteiger partial charge is 0.357 e. The monoisotopic (exact) mass is 374 g/mol. The Hall–Kier alpha value is -2.34. The number of carbonyl (C=O) groups is 2. The van der Waals surface area contributed by atoms with E-state index in [9.17, 15) is 14.0 Å². The third-order valence-corrected chi connectivity index (χ3v) is 5.01. The number of benzene rings is 2. The lowest BCUT2D eigenvalue weighted by molar-refractivity contribution is -0.138. The lowest BCUT2D eigenvalue weighted by Crippen LogP contribution is -2.47. The molecule has 2 amide bonds. The Bertz CT molecular complexity index is 722. The smallest absolute Gasteiger partial charge is 0.242 e. The molecule has 138 valence electrons. The molecule has 0 aliphatic rings. The van der Waals surface area contributed by atoms with Crippen LogP contribution in [0.5, 0.6) is 0 Å². The number of nitrogens with one attached hydrogen (secondary N) is 1. The fourth-order valence-electron chi connectivity index (χ4n) is 2.49. The average molecular weight is 374 g/mol. The molecule has 26 heavy (non-hydrogen) atoms. The minimum atomic E-state index is -0.556. The fourth-order valence-corrected chi connectivity index (χ4v) is 3.36. The van der Waals surface area contributed by atoms with Crippen molar-refractivity contribution in [3.8, 4) is 0 Å². The molecule has 2 aromatic rings. The molecule has 0 spiro atoms. The van der Waals surface area contributed by atoms with Gasteiger partial charge in [0.15, 0.2) is 0 Å². The number of hydrogen-bond acceptors (Lipinski definition) is 3. The Morgan fingerprint density at radius 2 is 1.73 bits per heavy atom. The van der Waals surface area contributed by atoms with Crippen molar-refractivity contribution in [1.82, 2.24) is 10.2 Å². The van der Waals surface area contributed by atoms with E-state index in [0.29, 0.717) is 12.3 Å². The standard InChI is InChI=1S/C20H23FN2O2S/c1-15(20(25)22-2)23(12-16-6-4-3-5-7-16)19(24)14-26-13-17-8-10-18(21)11-9-17/h3-11,15H,12-14H2,1-2H3,(H,22,25). The summed E-state index contributed by atoms with van der Waals surface area (Å²) < 4.78 is 12.9. The highest BCUT2D eigenvalue weighted by Crippen LogP contribution is 2.16. The molecule has 0 bridgehead atoms. The molecular formula is C20H23FN2O2S. The van der Waals surface area contributed by atoms with E-state index in [2.05, 4.69) is 5.32 Å². The van der Waals surface area contributed by atoms with Gasteiger partial charge >= 0.3 is 0 Å². The minimum absolute atomic E-state index is 0.0999. The van der Waals surface area contributed by atoms with Crippen LogP contribution in [0, 0.1) is 5.82 Å². The summed E-state index contributed by atoms with van der Waals surface area (Å²) >= 11 is 1.45. The summed E-state index contributed by atoms with van der Waals surface area (Å²) in [5, 5.41) is 2.60. The number of thioether (sulfide) groups is 1. The second-order valence-corrected chi connectivity index (χ2v) is 6.90. The van der Waals surface area contributed by atoms with Gasteiger partial charge in [0.05, 0.1) is 5.75 Å². The minimum Gasteiger partial charge on any atom is -0.357 e. The maximum Gasteiger partial charge on any atom is 0.242 e. The summed E-state index contributed by atoms with van der Waals surface area (Å²) in [6, 6.07) is 15.3. The van der Waals surface area contributed by atoms with Crippen LogP contribution in [-0.4, -0.2) is 35.6 Å². The third-order valence-electron chi connectivity index (χ3n) is 4.02. The fraction of sp³-hybridized carbons (Fsp3) is 0.300. The van der Waals surface area contributed by atoms with Gasteiger partial charge in [-0.05, 0) is 30.2 Å². The van der Waals surface area contributed by atoms with E-state index in [1.165, 1.54) is 23.9 Å². The maximum absolute atomic E-state index is 12.9. The van der Waals surface area contributed by atoms with Crippen LogP contribution in [0.4, 0.5) is 4.39 Å². The summed E-state index contributed by atoms with van der Waals surface area (Å²) in [4.78, 5) is 26.3. The Morgan fingerprint density at radius 3 is 2.35 bits per heavy atom. The van der Waals surface area contributed by atoms with Crippen LogP contribution in [-0.2, 0) is 21.9 Å². The van der Waals surface area contributed by atoms with Crippen molar-refractivity contribution in [2.24, 2.45) is 0 Å². The van der Waals surface area contributed by atoms with E-state index in [0.717, 1.165) is 11.1 Å². The van der Waals surface area contributed by atoms with Crippen LogP contribution >= 0.6 is 11.8 Å². The SMILES string of the molecule is CNC(=O)C(C)N(Cc1ccccc1)C(=O)CSCc1ccc(F)cc1. The van der Waals surface area contributed by atoms with E-state index in [-0.39, 0.29) is 23.4 Å². The number of hydrogen-bond donors (Lipinski definition) is 1. The van der Waals surface area contributed by atoms with Gasteiger partial charge in [0.2, 0.25) is 11.8 Å². The van der Waals surface area contributed by atoms with Gasteiger partial charge in [0.1, 0.15) is 11.9 Å². The summed E-state index contributed by atoms with van der Waals surface area (Å²) in [7, 11) is 1.56. The maximum atomic E-state index is 12.9.